The summed E-state index contributed by atoms with van der Waals surface area (Å²) in [5, 5.41) is 11.7. The van der Waals surface area contributed by atoms with E-state index < -0.39 is 23.6 Å². The summed E-state index contributed by atoms with van der Waals surface area (Å²) in [6.45, 7) is 1.59. The SMILES string of the molecule is COc1cc(/C=C2\SC(=O)N(CC(=O)Nc3cccc(C)c3)C2=O)cc(Cl)c1OCc1ccccc1C#N. The van der Waals surface area contributed by atoms with Gasteiger partial charge in [-0.2, -0.15) is 5.26 Å². The molecule has 38 heavy (non-hydrogen) atoms. The number of hydrogen-bond acceptors (Lipinski definition) is 7. The Kier molecular flexibility index (Phi) is 8.36. The number of amides is 3. The lowest BCUT2D eigenvalue weighted by atomic mass is 10.1. The van der Waals surface area contributed by atoms with E-state index >= 15 is 0 Å². The van der Waals surface area contributed by atoms with Crippen LogP contribution in [0.25, 0.3) is 6.08 Å². The Labute approximate surface area is 228 Å². The molecule has 10 heteroatoms. The summed E-state index contributed by atoms with van der Waals surface area (Å²) in [5.41, 5.74) is 3.23. The Balaban J connectivity index is 1.48. The van der Waals surface area contributed by atoms with Gasteiger partial charge in [0.2, 0.25) is 5.91 Å². The zero-order valence-corrected chi connectivity index (χ0v) is 22.1. The Morgan fingerprint density at radius 1 is 1.16 bits per heavy atom. The van der Waals surface area contributed by atoms with Crippen LogP contribution in [0.15, 0.2) is 65.6 Å². The molecule has 1 aliphatic heterocycles. The van der Waals surface area contributed by atoms with Gasteiger partial charge in [0.15, 0.2) is 11.5 Å². The molecule has 3 amide bonds. The molecule has 1 fully saturated rings. The number of rotatable bonds is 8. The van der Waals surface area contributed by atoms with E-state index in [1.165, 1.54) is 13.2 Å². The number of carbonyl (C=O) groups excluding carboxylic acids is 3. The van der Waals surface area contributed by atoms with Gasteiger partial charge in [0, 0.05) is 11.3 Å². The van der Waals surface area contributed by atoms with Crippen molar-refractivity contribution in [2.24, 2.45) is 0 Å². The van der Waals surface area contributed by atoms with Crippen LogP contribution < -0.4 is 14.8 Å². The van der Waals surface area contributed by atoms with Gasteiger partial charge in [-0.15, -0.1) is 0 Å². The normalized spacial score (nSPS) is 13.9. The number of hydrogen-bond donors (Lipinski definition) is 1. The minimum Gasteiger partial charge on any atom is -0.493 e. The molecule has 0 unspecified atom stereocenters. The predicted octanol–water partition coefficient (Wildman–Crippen LogP) is 5.78. The van der Waals surface area contributed by atoms with Crippen molar-refractivity contribution in [3.05, 3.63) is 92.8 Å². The smallest absolute Gasteiger partial charge is 0.294 e. The number of nitrogens with one attached hydrogen (secondary N) is 1. The van der Waals surface area contributed by atoms with Crippen molar-refractivity contribution in [1.82, 2.24) is 4.90 Å². The van der Waals surface area contributed by atoms with Crippen LogP contribution in [0, 0.1) is 18.3 Å². The van der Waals surface area contributed by atoms with Crippen LogP contribution in [-0.2, 0) is 16.2 Å². The highest BCUT2D eigenvalue weighted by atomic mass is 35.5. The Morgan fingerprint density at radius 3 is 2.68 bits per heavy atom. The highest BCUT2D eigenvalue weighted by Crippen LogP contribution is 2.39. The third-order valence-electron chi connectivity index (χ3n) is 5.54. The van der Waals surface area contributed by atoms with Gasteiger partial charge in [-0.3, -0.25) is 19.3 Å². The zero-order valence-electron chi connectivity index (χ0n) is 20.5. The van der Waals surface area contributed by atoms with Gasteiger partial charge >= 0.3 is 0 Å². The fourth-order valence-corrected chi connectivity index (χ4v) is 4.83. The number of halogens is 1. The van der Waals surface area contributed by atoms with Gasteiger partial charge in [0.05, 0.1) is 28.7 Å². The molecule has 0 aliphatic carbocycles. The molecule has 192 valence electrons. The number of ether oxygens (including phenoxy) is 2. The molecule has 0 saturated carbocycles. The highest BCUT2D eigenvalue weighted by Gasteiger charge is 2.36. The molecule has 0 aromatic heterocycles. The average molecular weight is 548 g/mol. The summed E-state index contributed by atoms with van der Waals surface area (Å²) < 4.78 is 11.3. The second-order valence-corrected chi connectivity index (χ2v) is 9.68. The quantitative estimate of drug-likeness (QED) is 0.356. The van der Waals surface area contributed by atoms with E-state index in [2.05, 4.69) is 11.4 Å². The van der Waals surface area contributed by atoms with E-state index in [4.69, 9.17) is 21.1 Å². The number of nitriles is 1. The van der Waals surface area contributed by atoms with Gasteiger partial charge in [0.25, 0.3) is 11.1 Å². The lowest BCUT2D eigenvalue weighted by molar-refractivity contribution is -0.127. The molecule has 3 aromatic carbocycles. The van der Waals surface area contributed by atoms with Crippen molar-refractivity contribution in [3.63, 3.8) is 0 Å². The molecule has 1 heterocycles. The molecular formula is C28H22ClN3O5S. The predicted molar refractivity (Wildman–Crippen MR) is 146 cm³/mol. The zero-order chi connectivity index (χ0) is 27.2. The van der Waals surface area contributed by atoms with Crippen LogP contribution in [0.1, 0.15) is 22.3 Å². The summed E-state index contributed by atoms with van der Waals surface area (Å²) in [5.74, 6) is -0.471. The lowest BCUT2D eigenvalue weighted by Crippen LogP contribution is -2.36. The van der Waals surface area contributed by atoms with Gasteiger partial charge < -0.3 is 14.8 Å². The van der Waals surface area contributed by atoms with Gasteiger partial charge in [-0.05, 0) is 66.2 Å². The molecular weight excluding hydrogens is 526 g/mol. The number of carbonyl (C=O) groups is 3. The first-order chi connectivity index (χ1) is 18.3. The number of aryl methyl sites for hydroxylation is 1. The molecule has 8 nitrogen and oxygen atoms in total. The van der Waals surface area contributed by atoms with E-state index in [1.807, 2.05) is 13.0 Å². The van der Waals surface area contributed by atoms with Crippen molar-refractivity contribution >= 4 is 52.2 Å². The monoisotopic (exact) mass is 547 g/mol. The first kappa shape index (κ1) is 26.8. The second-order valence-electron chi connectivity index (χ2n) is 8.28. The van der Waals surface area contributed by atoms with Crippen molar-refractivity contribution in [2.75, 3.05) is 19.0 Å². The molecule has 0 atom stereocenters. The highest BCUT2D eigenvalue weighted by molar-refractivity contribution is 8.18. The lowest BCUT2D eigenvalue weighted by Gasteiger charge is -2.14. The topological polar surface area (TPSA) is 109 Å². The van der Waals surface area contributed by atoms with Crippen LogP contribution in [-0.4, -0.2) is 35.6 Å². The molecule has 1 aliphatic rings. The third-order valence-corrected chi connectivity index (χ3v) is 6.72. The number of nitrogens with zero attached hydrogens (tertiary/aromatic N) is 2. The maximum atomic E-state index is 12.9. The molecule has 3 aromatic rings. The molecule has 1 N–H and O–H groups in total. The van der Waals surface area contributed by atoms with Gasteiger partial charge in [-0.1, -0.05) is 41.9 Å². The van der Waals surface area contributed by atoms with E-state index in [9.17, 15) is 19.6 Å². The maximum Gasteiger partial charge on any atom is 0.294 e. The summed E-state index contributed by atoms with van der Waals surface area (Å²) in [6.07, 6.45) is 1.51. The van der Waals surface area contributed by atoms with E-state index in [-0.39, 0.29) is 22.3 Å². The number of anilines is 1. The van der Waals surface area contributed by atoms with Crippen LogP contribution in [0.4, 0.5) is 10.5 Å². The summed E-state index contributed by atoms with van der Waals surface area (Å²) >= 11 is 7.20. The molecule has 4 rings (SSSR count). The Morgan fingerprint density at radius 2 is 1.95 bits per heavy atom. The van der Waals surface area contributed by atoms with Gasteiger partial charge in [0.1, 0.15) is 13.2 Å². The number of benzene rings is 3. The fourth-order valence-electron chi connectivity index (χ4n) is 3.72. The van der Waals surface area contributed by atoms with Crippen molar-refractivity contribution in [3.8, 4) is 17.6 Å². The van der Waals surface area contributed by atoms with E-state index in [0.717, 1.165) is 22.2 Å². The standard InChI is InChI=1S/C28H22ClN3O5S/c1-17-6-5-9-21(10-17)31-25(33)15-32-27(34)24(38-28(32)35)13-18-11-22(29)26(23(12-18)36-2)37-16-20-8-4-3-7-19(20)14-30/h3-13H,15-16H2,1-2H3,(H,31,33)/b24-13-. The second kappa shape index (κ2) is 11.9. The first-order valence-electron chi connectivity index (χ1n) is 11.4. The summed E-state index contributed by atoms with van der Waals surface area (Å²) in [7, 11) is 1.45. The molecule has 0 bridgehead atoms. The van der Waals surface area contributed by atoms with Crippen molar-refractivity contribution in [1.29, 1.82) is 5.26 Å². The Hall–Kier alpha value is -4.26. The van der Waals surface area contributed by atoms with Crippen LogP contribution in [0.3, 0.4) is 0 Å². The van der Waals surface area contributed by atoms with Crippen molar-refractivity contribution in [2.45, 2.75) is 13.5 Å². The molecule has 0 radical (unpaired) electrons. The largest absolute Gasteiger partial charge is 0.493 e. The Bertz CT molecular complexity index is 1500. The first-order valence-corrected chi connectivity index (χ1v) is 12.6. The van der Waals surface area contributed by atoms with Crippen LogP contribution in [0.2, 0.25) is 5.02 Å². The van der Waals surface area contributed by atoms with E-state index in [1.54, 1.807) is 54.6 Å². The third kappa shape index (κ3) is 6.17. The van der Waals surface area contributed by atoms with E-state index in [0.29, 0.717) is 28.1 Å². The number of imide groups is 1. The molecule has 0 spiro atoms. The average Bonchev–Trinajstić information content (AvgIpc) is 3.15. The van der Waals surface area contributed by atoms with Crippen LogP contribution >= 0.6 is 23.4 Å². The summed E-state index contributed by atoms with van der Waals surface area (Å²) in [4.78, 5) is 38.9. The fraction of sp³-hybridized carbons (Fsp3) is 0.143. The maximum absolute atomic E-state index is 12.9. The summed E-state index contributed by atoms with van der Waals surface area (Å²) in [6, 6.07) is 19.6. The van der Waals surface area contributed by atoms with Gasteiger partial charge in [-0.25, -0.2) is 0 Å². The van der Waals surface area contributed by atoms with Crippen molar-refractivity contribution < 1.29 is 23.9 Å². The number of thioether (sulfide) groups is 1. The number of methoxy groups -OCH3 is 1. The minimum absolute atomic E-state index is 0.0999. The molecule has 1 saturated heterocycles. The minimum atomic E-state index is -0.581. The van der Waals surface area contributed by atoms with Crippen LogP contribution in [0.5, 0.6) is 11.5 Å².